The predicted molar refractivity (Wildman–Crippen MR) is 78.5 cm³/mol. The Balaban J connectivity index is 2.04. The molecule has 0 bridgehead atoms. The van der Waals surface area contributed by atoms with Crippen molar-refractivity contribution in [1.82, 2.24) is 15.2 Å². The first-order chi connectivity index (χ1) is 8.52. The van der Waals surface area contributed by atoms with E-state index in [0.29, 0.717) is 6.04 Å². The Bertz CT molecular complexity index is 393. The molecule has 4 heteroatoms. The summed E-state index contributed by atoms with van der Waals surface area (Å²) in [6, 6.07) is 4.73. The molecule has 0 saturated carbocycles. The van der Waals surface area contributed by atoms with Gasteiger partial charge in [-0.1, -0.05) is 6.92 Å². The third-order valence-electron chi connectivity index (χ3n) is 3.93. The molecule has 0 radical (unpaired) electrons. The highest BCUT2D eigenvalue weighted by Gasteiger charge is 2.32. The van der Waals surface area contributed by atoms with Gasteiger partial charge in [0, 0.05) is 41.9 Å². The van der Waals surface area contributed by atoms with E-state index in [0.717, 1.165) is 36.2 Å². The van der Waals surface area contributed by atoms with Crippen LogP contribution in [-0.2, 0) is 6.54 Å². The number of rotatable bonds is 3. The van der Waals surface area contributed by atoms with E-state index in [4.69, 9.17) is 0 Å². The van der Waals surface area contributed by atoms with Gasteiger partial charge in [0.25, 0.3) is 0 Å². The molecular formula is C14H22BrN3. The Morgan fingerprint density at radius 3 is 2.94 bits per heavy atom. The van der Waals surface area contributed by atoms with Crippen LogP contribution in [0.15, 0.2) is 22.8 Å². The summed E-state index contributed by atoms with van der Waals surface area (Å²) in [5.41, 5.74) is 1.38. The van der Waals surface area contributed by atoms with E-state index in [1.54, 1.807) is 0 Å². The molecule has 1 aromatic rings. The van der Waals surface area contributed by atoms with Crippen LogP contribution in [0.3, 0.4) is 0 Å². The molecule has 0 spiro atoms. The molecule has 18 heavy (non-hydrogen) atoms. The Morgan fingerprint density at radius 1 is 1.56 bits per heavy atom. The zero-order chi connectivity index (χ0) is 13.2. The molecule has 1 aliphatic rings. The first kappa shape index (κ1) is 14.0. The summed E-state index contributed by atoms with van der Waals surface area (Å²) in [5, 5.41) is 3.65. The van der Waals surface area contributed by atoms with Gasteiger partial charge in [0.15, 0.2) is 0 Å². The lowest BCUT2D eigenvalue weighted by atomic mass is 9.93. The average molecular weight is 312 g/mol. The molecule has 2 atom stereocenters. The van der Waals surface area contributed by atoms with Gasteiger partial charge < -0.3 is 5.32 Å². The number of halogens is 1. The van der Waals surface area contributed by atoms with Crippen molar-refractivity contribution in [2.75, 3.05) is 13.1 Å². The van der Waals surface area contributed by atoms with Gasteiger partial charge in [-0.15, -0.1) is 0 Å². The summed E-state index contributed by atoms with van der Waals surface area (Å²) in [6.45, 7) is 9.91. The van der Waals surface area contributed by atoms with Crippen LogP contribution in [0.5, 0.6) is 0 Å². The van der Waals surface area contributed by atoms with Crippen molar-refractivity contribution in [3.05, 3.63) is 28.5 Å². The van der Waals surface area contributed by atoms with Gasteiger partial charge in [-0.25, -0.2) is 0 Å². The highest BCUT2D eigenvalue weighted by molar-refractivity contribution is 9.10. The number of nitrogens with one attached hydrogen (secondary N) is 1. The predicted octanol–water partition coefficient (Wildman–Crippen LogP) is 2.81. The fourth-order valence-electron chi connectivity index (χ4n) is 2.34. The quantitative estimate of drug-likeness (QED) is 0.930. The van der Waals surface area contributed by atoms with Gasteiger partial charge in [-0.2, -0.15) is 0 Å². The van der Waals surface area contributed by atoms with Crippen molar-refractivity contribution in [2.24, 2.45) is 0 Å². The normalized spacial score (nSPS) is 29.4. The van der Waals surface area contributed by atoms with Crippen LogP contribution in [0, 0.1) is 0 Å². The van der Waals surface area contributed by atoms with E-state index < -0.39 is 0 Å². The van der Waals surface area contributed by atoms with Crippen LogP contribution in [0.4, 0.5) is 0 Å². The molecule has 1 aromatic heterocycles. The topological polar surface area (TPSA) is 28.2 Å². The Labute approximate surface area is 118 Å². The summed E-state index contributed by atoms with van der Waals surface area (Å²) in [7, 11) is 0. The van der Waals surface area contributed by atoms with Crippen LogP contribution in [0.1, 0.15) is 32.9 Å². The van der Waals surface area contributed by atoms with Gasteiger partial charge in [-0.3, -0.25) is 9.88 Å². The average Bonchev–Trinajstić information content (AvgIpc) is 2.37. The first-order valence-electron chi connectivity index (χ1n) is 6.62. The molecule has 0 aromatic carbocycles. The minimum Gasteiger partial charge on any atom is -0.309 e. The van der Waals surface area contributed by atoms with E-state index in [-0.39, 0.29) is 5.54 Å². The zero-order valence-corrected chi connectivity index (χ0v) is 13.0. The smallest absolute Gasteiger partial charge is 0.0544 e. The van der Waals surface area contributed by atoms with Gasteiger partial charge in [0.05, 0.1) is 5.69 Å². The third kappa shape index (κ3) is 3.31. The zero-order valence-electron chi connectivity index (χ0n) is 11.4. The summed E-state index contributed by atoms with van der Waals surface area (Å²) in [6.07, 6.45) is 3.03. The first-order valence-corrected chi connectivity index (χ1v) is 7.41. The number of aromatic nitrogens is 1. The number of nitrogens with zero attached hydrogens (tertiary/aromatic N) is 2. The molecule has 1 N–H and O–H groups in total. The third-order valence-corrected chi connectivity index (χ3v) is 4.40. The Hall–Kier alpha value is -0.450. The van der Waals surface area contributed by atoms with E-state index in [2.05, 4.69) is 64.0 Å². The van der Waals surface area contributed by atoms with Crippen molar-refractivity contribution in [2.45, 2.75) is 45.3 Å². The van der Waals surface area contributed by atoms with Crippen LogP contribution in [-0.4, -0.2) is 34.6 Å². The van der Waals surface area contributed by atoms with Crippen LogP contribution in [0.25, 0.3) is 0 Å². The molecule has 2 rings (SSSR count). The van der Waals surface area contributed by atoms with Crippen molar-refractivity contribution in [3.63, 3.8) is 0 Å². The van der Waals surface area contributed by atoms with Gasteiger partial charge in [0.1, 0.15) is 0 Å². The summed E-state index contributed by atoms with van der Waals surface area (Å²) >= 11 is 3.43. The fourth-order valence-corrected chi connectivity index (χ4v) is 2.57. The SMILES string of the molecule is CCC1(C)CN(Cc2ccc(Br)cn2)C(C)CN1. The highest BCUT2D eigenvalue weighted by atomic mass is 79.9. The number of hydrogen-bond acceptors (Lipinski definition) is 3. The fraction of sp³-hybridized carbons (Fsp3) is 0.643. The Morgan fingerprint density at radius 2 is 2.33 bits per heavy atom. The lowest BCUT2D eigenvalue weighted by molar-refractivity contribution is 0.0855. The molecule has 2 heterocycles. The van der Waals surface area contributed by atoms with Crippen molar-refractivity contribution in [1.29, 1.82) is 0 Å². The molecule has 1 saturated heterocycles. The second-order valence-electron chi connectivity index (χ2n) is 5.52. The molecule has 2 unspecified atom stereocenters. The molecule has 0 aliphatic carbocycles. The van der Waals surface area contributed by atoms with E-state index in [1.807, 2.05) is 6.20 Å². The van der Waals surface area contributed by atoms with Crippen LogP contribution in [0.2, 0.25) is 0 Å². The molecule has 1 aliphatic heterocycles. The molecule has 100 valence electrons. The highest BCUT2D eigenvalue weighted by Crippen LogP contribution is 2.20. The second kappa shape index (κ2) is 5.68. The maximum Gasteiger partial charge on any atom is 0.0544 e. The standard InChI is InChI=1S/C14H22BrN3/c1-4-14(3)10-18(11(2)7-17-14)9-13-6-5-12(15)8-16-13/h5-6,8,11,17H,4,7,9-10H2,1-3H3. The maximum atomic E-state index is 4.47. The summed E-state index contributed by atoms with van der Waals surface area (Å²) in [4.78, 5) is 7.00. The number of hydrogen-bond donors (Lipinski definition) is 1. The number of piperazine rings is 1. The second-order valence-corrected chi connectivity index (χ2v) is 6.43. The lowest BCUT2D eigenvalue weighted by Gasteiger charge is -2.44. The van der Waals surface area contributed by atoms with Crippen molar-refractivity contribution < 1.29 is 0 Å². The van der Waals surface area contributed by atoms with Crippen molar-refractivity contribution >= 4 is 15.9 Å². The van der Waals surface area contributed by atoms with Crippen molar-refractivity contribution in [3.8, 4) is 0 Å². The molecule has 1 fully saturated rings. The largest absolute Gasteiger partial charge is 0.309 e. The molecular weight excluding hydrogens is 290 g/mol. The van der Waals surface area contributed by atoms with Crippen LogP contribution >= 0.6 is 15.9 Å². The minimum atomic E-state index is 0.238. The monoisotopic (exact) mass is 311 g/mol. The van der Waals surface area contributed by atoms with E-state index in [1.165, 1.54) is 0 Å². The van der Waals surface area contributed by atoms with Gasteiger partial charge in [0.2, 0.25) is 0 Å². The maximum absolute atomic E-state index is 4.47. The Kier molecular flexibility index (Phi) is 4.41. The lowest BCUT2D eigenvalue weighted by Crippen LogP contribution is -2.61. The minimum absolute atomic E-state index is 0.238. The number of pyridine rings is 1. The van der Waals surface area contributed by atoms with Crippen LogP contribution < -0.4 is 5.32 Å². The molecule has 0 amide bonds. The van der Waals surface area contributed by atoms with Gasteiger partial charge >= 0.3 is 0 Å². The van der Waals surface area contributed by atoms with E-state index in [9.17, 15) is 0 Å². The molecule has 3 nitrogen and oxygen atoms in total. The summed E-state index contributed by atoms with van der Waals surface area (Å²) < 4.78 is 1.04. The summed E-state index contributed by atoms with van der Waals surface area (Å²) in [5.74, 6) is 0. The van der Waals surface area contributed by atoms with E-state index >= 15 is 0 Å². The van der Waals surface area contributed by atoms with Gasteiger partial charge in [-0.05, 0) is 48.3 Å².